The number of hydrogen-bond donors (Lipinski definition) is 1. The molecule has 4 heteroatoms. The Morgan fingerprint density at radius 2 is 1.93 bits per heavy atom. The summed E-state index contributed by atoms with van der Waals surface area (Å²) < 4.78 is 1.58. The molecule has 0 aliphatic carbocycles. The minimum Gasteiger partial charge on any atom is -0.388 e. The van der Waals surface area contributed by atoms with Crippen LogP contribution in [-0.4, -0.2) is 14.9 Å². The van der Waals surface area contributed by atoms with Gasteiger partial charge in [-0.25, -0.2) is 0 Å². The van der Waals surface area contributed by atoms with Gasteiger partial charge in [-0.3, -0.25) is 4.68 Å². The molecule has 1 rings (SSSR count). The molecule has 0 radical (unpaired) electrons. The number of aromatic nitrogens is 2. The molecule has 0 bridgehead atoms. The van der Waals surface area contributed by atoms with Crippen molar-refractivity contribution in [2.45, 2.75) is 33.8 Å². The molecule has 0 fully saturated rings. The maximum atomic E-state index is 10.1. The van der Waals surface area contributed by atoms with E-state index in [1.165, 1.54) is 0 Å². The first-order valence-electron chi connectivity index (χ1n) is 4.62. The second-order valence-electron chi connectivity index (χ2n) is 4.68. The van der Waals surface area contributed by atoms with Crippen LogP contribution in [0.2, 0.25) is 5.15 Å². The zero-order valence-electron chi connectivity index (χ0n) is 9.30. The smallest absolute Gasteiger partial charge is 0.132 e. The summed E-state index contributed by atoms with van der Waals surface area (Å²) in [5.74, 6) is 0. The first-order chi connectivity index (χ1) is 6.25. The summed E-state index contributed by atoms with van der Waals surface area (Å²) in [4.78, 5) is 0. The average Bonchev–Trinajstić information content (AvgIpc) is 2.24. The van der Waals surface area contributed by atoms with Crippen LogP contribution in [0.5, 0.6) is 0 Å². The van der Waals surface area contributed by atoms with Crippen molar-refractivity contribution >= 4 is 11.6 Å². The summed E-state index contributed by atoms with van der Waals surface area (Å²) in [7, 11) is 1.77. The highest BCUT2D eigenvalue weighted by atomic mass is 35.5. The van der Waals surface area contributed by atoms with Gasteiger partial charge in [0.05, 0.1) is 11.8 Å². The molecule has 1 heterocycles. The van der Waals surface area contributed by atoms with Gasteiger partial charge in [-0.1, -0.05) is 32.4 Å². The average molecular weight is 217 g/mol. The van der Waals surface area contributed by atoms with E-state index < -0.39 is 6.10 Å². The van der Waals surface area contributed by atoms with Crippen molar-refractivity contribution < 1.29 is 5.11 Å². The molecule has 0 saturated heterocycles. The Balaban J connectivity index is 3.19. The van der Waals surface area contributed by atoms with Crippen LogP contribution < -0.4 is 0 Å². The van der Waals surface area contributed by atoms with E-state index >= 15 is 0 Å². The van der Waals surface area contributed by atoms with Crippen LogP contribution >= 0.6 is 11.6 Å². The van der Waals surface area contributed by atoms with Crippen molar-refractivity contribution in [1.29, 1.82) is 0 Å². The minimum atomic E-state index is -0.580. The summed E-state index contributed by atoms with van der Waals surface area (Å²) in [6, 6.07) is 0. The van der Waals surface area contributed by atoms with Gasteiger partial charge in [0.2, 0.25) is 0 Å². The van der Waals surface area contributed by atoms with E-state index in [1.54, 1.807) is 11.7 Å². The van der Waals surface area contributed by atoms with E-state index in [4.69, 9.17) is 11.6 Å². The van der Waals surface area contributed by atoms with Gasteiger partial charge in [-0.2, -0.15) is 5.10 Å². The minimum absolute atomic E-state index is 0.225. The highest BCUT2D eigenvalue weighted by molar-refractivity contribution is 6.30. The van der Waals surface area contributed by atoms with Gasteiger partial charge in [-0.05, 0) is 12.3 Å². The molecule has 0 saturated carbocycles. The number of aliphatic hydroxyl groups is 1. The molecule has 0 amide bonds. The van der Waals surface area contributed by atoms with Crippen molar-refractivity contribution in [1.82, 2.24) is 9.78 Å². The summed E-state index contributed by atoms with van der Waals surface area (Å²) in [6.07, 6.45) is -0.580. The number of halogens is 1. The van der Waals surface area contributed by atoms with Crippen LogP contribution in [0.3, 0.4) is 0 Å². The number of hydrogen-bond acceptors (Lipinski definition) is 2. The van der Waals surface area contributed by atoms with Crippen LogP contribution in [0.15, 0.2) is 0 Å². The lowest BCUT2D eigenvalue weighted by molar-refractivity contribution is 0.0622. The monoisotopic (exact) mass is 216 g/mol. The normalized spacial score (nSPS) is 14.5. The fourth-order valence-corrected chi connectivity index (χ4v) is 1.67. The van der Waals surface area contributed by atoms with Crippen LogP contribution in [-0.2, 0) is 7.05 Å². The summed E-state index contributed by atoms with van der Waals surface area (Å²) >= 11 is 6.06. The van der Waals surface area contributed by atoms with E-state index in [0.717, 1.165) is 11.3 Å². The van der Waals surface area contributed by atoms with Crippen LogP contribution in [0.4, 0.5) is 0 Å². The Morgan fingerprint density at radius 3 is 2.21 bits per heavy atom. The van der Waals surface area contributed by atoms with E-state index in [0.29, 0.717) is 5.15 Å². The third-order valence-electron chi connectivity index (χ3n) is 2.29. The van der Waals surface area contributed by atoms with E-state index in [9.17, 15) is 5.11 Å². The van der Waals surface area contributed by atoms with Gasteiger partial charge >= 0.3 is 0 Å². The van der Waals surface area contributed by atoms with Gasteiger partial charge in [-0.15, -0.1) is 0 Å². The van der Waals surface area contributed by atoms with Gasteiger partial charge < -0.3 is 5.11 Å². The lowest BCUT2D eigenvalue weighted by Gasteiger charge is -2.25. The fraction of sp³-hybridized carbons (Fsp3) is 0.700. The van der Waals surface area contributed by atoms with Crippen molar-refractivity contribution in [3.63, 3.8) is 0 Å². The molecule has 14 heavy (non-hydrogen) atoms. The number of nitrogens with zero attached hydrogens (tertiary/aromatic N) is 2. The predicted molar refractivity (Wildman–Crippen MR) is 57.4 cm³/mol. The quantitative estimate of drug-likeness (QED) is 0.783. The molecule has 0 aliphatic rings. The molecule has 0 aliphatic heterocycles. The second kappa shape index (κ2) is 3.55. The summed E-state index contributed by atoms with van der Waals surface area (Å²) in [6.45, 7) is 7.78. The highest BCUT2D eigenvalue weighted by Crippen LogP contribution is 2.37. The molecule has 1 aromatic heterocycles. The van der Waals surface area contributed by atoms with Crippen LogP contribution in [0, 0.1) is 12.3 Å². The van der Waals surface area contributed by atoms with E-state index in [1.807, 2.05) is 27.7 Å². The lowest BCUT2D eigenvalue weighted by Crippen LogP contribution is -2.18. The number of aliphatic hydroxyl groups excluding tert-OH is 1. The van der Waals surface area contributed by atoms with Crippen molar-refractivity contribution in [3.05, 3.63) is 16.4 Å². The Bertz CT molecular complexity index is 339. The Hall–Kier alpha value is -0.540. The molecular formula is C10H17ClN2O. The van der Waals surface area contributed by atoms with Crippen LogP contribution in [0.25, 0.3) is 0 Å². The molecule has 1 aromatic rings. The molecule has 3 nitrogen and oxygen atoms in total. The SMILES string of the molecule is Cc1nn(C)c(Cl)c1[C@H](O)C(C)(C)C. The Kier molecular flexibility index (Phi) is 2.93. The lowest BCUT2D eigenvalue weighted by atomic mass is 9.85. The molecule has 0 aromatic carbocycles. The Labute approximate surface area is 89.7 Å². The topological polar surface area (TPSA) is 38.0 Å². The predicted octanol–water partition coefficient (Wildman–Crippen LogP) is 2.46. The first-order valence-corrected chi connectivity index (χ1v) is 5.00. The molecule has 0 spiro atoms. The number of rotatable bonds is 1. The summed E-state index contributed by atoms with van der Waals surface area (Å²) in [5, 5.41) is 14.8. The molecule has 0 unspecified atom stereocenters. The third kappa shape index (κ3) is 1.93. The van der Waals surface area contributed by atoms with Crippen molar-refractivity contribution in [3.8, 4) is 0 Å². The van der Waals surface area contributed by atoms with Crippen LogP contribution in [0.1, 0.15) is 38.1 Å². The zero-order valence-corrected chi connectivity index (χ0v) is 10.1. The molecule has 1 atom stereocenters. The Morgan fingerprint density at radius 1 is 1.43 bits per heavy atom. The summed E-state index contributed by atoms with van der Waals surface area (Å²) in [5.41, 5.74) is 1.30. The standard InChI is InChI=1S/C10H17ClN2O/c1-6-7(8(14)10(2,3)4)9(11)13(5)12-6/h8,14H,1-5H3/t8-/m0/s1. The van der Waals surface area contributed by atoms with Gasteiger partial charge in [0, 0.05) is 12.6 Å². The largest absolute Gasteiger partial charge is 0.388 e. The van der Waals surface area contributed by atoms with Crippen molar-refractivity contribution in [2.24, 2.45) is 12.5 Å². The van der Waals surface area contributed by atoms with Gasteiger partial charge in [0.1, 0.15) is 5.15 Å². The van der Waals surface area contributed by atoms with E-state index in [-0.39, 0.29) is 5.41 Å². The van der Waals surface area contributed by atoms with E-state index in [2.05, 4.69) is 5.10 Å². The zero-order chi connectivity index (χ0) is 11.1. The first kappa shape index (κ1) is 11.5. The van der Waals surface area contributed by atoms with Crippen molar-refractivity contribution in [2.75, 3.05) is 0 Å². The van der Waals surface area contributed by atoms with Gasteiger partial charge in [0.25, 0.3) is 0 Å². The number of aryl methyl sites for hydroxylation is 2. The van der Waals surface area contributed by atoms with Gasteiger partial charge in [0.15, 0.2) is 0 Å². The molecule has 80 valence electrons. The molecule has 1 N–H and O–H groups in total. The molecular weight excluding hydrogens is 200 g/mol. The maximum absolute atomic E-state index is 10.1. The fourth-order valence-electron chi connectivity index (χ4n) is 1.39. The highest BCUT2D eigenvalue weighted by Gasteiger charge is 2.29. The maximum Gasteiger partial charge on any atom is 0.132 e. The second-order valence-corrected chi connectivity index (χ2v) is 5.04. The third-order valence-corrected chi connectivity index (χ3v) is 2.74.